The van der Waals surface area contributed by atoms with E-state index in [9.17, 15) is 13.2 Å². The Hall–Kier alpha value is -0.620. The minimum absolute atomic E-state index is 0.0824. The topological polar surface area (TPSA) is 80.5 Å². The minimum Gasteiger partial charge on any atom is -0.339 e. The van der Waals surface area contributed by atoms with Crippen LogP contribution in [-0.2, 0) is 14.8 Å². The molecule has 0 spiro atoms. The number of carbonyl (C=O) groups excluding carboxylic acids is 1. The van der Waals surface area contributed by atoms with Crippen molar-refractivity contribution in [1.29, 1.82) is 0 Å². The molecule has 0 radical (unpaired) electrons. The Labute approximate surface area is 121 Å². The molecule has 1 saturated carbocycles. The van der Waals surface area contributed by atoms with Crippen LogP contribution in [0.3, 0.4) is 0 Å². The molecule has 6 heteroatoms. The molecule has 3 atom stereocenters. The molecule has 116 valence electrons. The predicted molar refractivity (Wildman–Crippen MR) is 78.4 cm³/mol. The van der Waals surface area contributed by atoms with Crippen molar-refractivity contribution in [3.63, 3.8) is 0 Å². The second-order valence-electron chi connectivity index (χ2n) is 7.51. The number of amides is 1. The molecule has 3 unspecified atom stereocenters. The normalized spacial score (nSPS) is 34.5. The molecule has 1 amide bonds. The van der Waals surface area contributed by atoms with E-state index < -0.39 is 10.0 Å². The molecule has 1 aliphatic heterocycles. The van der Waals surface area contributed by atoms with E-state index in [0.29, 0.717) is 18.9 Å². The van der Waals surface area contributed by atoms with Crippen LogP contribution in [0.1, 0.15) is 46.5 Å². The van der Waals surface area contributed by atoms with Crippen LogP contribution in [0.25, 0.3) is 0 Å². The fourth-order valence-electron chi connectivity index (χ4n) is 4.13. The van der Waals surface area contributed by atoms with Gasteiger partial charge in [0, 0.05) is 24.9 Å². The molecular formula is C14H26N2O3S. The fourth-order valence-corrected chi connectivity index (χ4v) is 5.02. The molecule has 0 aromatic carbocycles. The molecule has 1 heterocycles. The average Bonchev–Trinajstić information content (AvgIpc) is 2.53. The van der Waals surface area contributed by atoms with Gasteiger partial charge >= 0.3 is 0 Å². The first kappa shape index (κ1) is 15.8. The Kier molecular flexibility index (Phi) is 4.17. The largest absolute Gasteiger partial charge is 0.339 e. The number of rotatable bonds is 3. The van der Waals surface area contributed by atoms with Gasteiger partial charge in [0.1, 0.15) is 0 Å². The summed E-state index contributed by atoms with van der Waals surface area (Å²) in [6.45, 7) is 7.27. The summed E-state index contributed by atoms with van der Waals surface area (Å²) in [6, 6.07) is 0.256. The average molecular weight is 302 g/mol. The zero-order valence-corrected chi connectivity index (χ0v) is 13.4. The zero-order chi connectivity index (χ0) is 15.1. The third kappa shape index (κ3) is 3.95. The monoisotopic (exact) mass is 302 g/mol. The van der Waals surface area contributed by atoms with E-state index in [0.717, 1.165) is 12.8 Å². The predicted octanol–water partition coefficient (Wildman–Crippen LogP) is 1.34. The number of carbonyl (C=O) groups is 1. The van der Waals surface area contributed by atoms with Gasteiger partial charge in [-0.2, -0.15) is 0 Å². The second kappa shape index (κ2) is 5.30. The van der Waals surface area contributed by atoms with E-state index in [1.165, 1.54) is 6.42 Å². The summed E-state index contributed by atoms with van der Waals surface area (Å²) in [5.74, 6) is 0.473. The van der Waals surface area contributed by atoms with Gasteiger partial charge in [-0.15, -0.1) is 0 Å². The van der Waals surface area contributed by atoms with Gasteiger partial charge in [-0.25, -0.2) is 13.6 Å². The molecule has 0 aromatic rings. The summed E-state index contributed by atoms with van der Waals surface area (Å²) in [6.07, 6.45) is 3.54. The highest BCUT2D eigenvalue weighted by molar-refractivity contribution is 7.89. The Balaban J connectivity index is 2.04. The van der Waals surface area contributed by atoms with Gasteiger partial charge in [0.2, 0.25) is 15.9 Å². The quantitative estimate of drug-likeness (QED) is 0.854. The van der Waals surface area contributed by atoms with E-state index in [1.807, 2.05) is 4.90 Å². The fraction of sp³-hybridized carbons (Fsp3) is 0.929. The van der Waals surface area contributed by atoms with Crippen LogP contribution in [0.2, 0.25) is 0 Å². The van der Waals surface area contributed by atoms with Gasteiger partial charge in [0.15, 0.2) is 0 Å². The van der Waals surface area contributed by atoms with Crippen molar-refractivity contribution < 1.29 is 13.2 Å². The number of primary sulfonamides is 1. The van der Waals surface area contributed by atoms with Crippen molar-refractivity contribution in [2.24, 2.45) is 22.4 Å². The first-order valence-corrected chi connectivity index (χ1v) is 9.07. The third-order valence-electron chi connectivity index (χ3n) is 4.51. The molecule has 5 nitrogen and oxygen atoms in total. The standard InChI is InChI=1S/C14H26N2O3S/c1-10-4-12(7-14(2,3)6-10)16-8-11(5-13(16)17)9-20(15,18)19/h10-12H,4-9H2,1-3H3,(H2,15,18,19). The summed E-state index contributed by atoms with van der Waals surface area (Å²) in [5.41, 5.74) is 0.251. The lowest BCUT2D eigenvalue weighted by Crippen LogP contribution is -2.44. The molecule has 2 fully saturated rings. The highest BCUT2D eigenvalue weighted by atomic mass is 32.2. The van der Waals surface area contributed by atoms with E-state index in [4.69, 9.17) is 5.14 Å². The van der Waals surface area contributed by atoms with Crippen molar-refractivity contribution in [2.75, 3.05) is 12.3 Å². The summed E-state index contributed by atoms with van der Waals surface area (Å²) < 4.78 is 22.4. The minimum atomic E-state index is -3.50. The van der Waals surface area contributed by atoms with Crippen molar-refractivity contribution >= 4 is 15.9 Å². The second-order valence-corrected chi connectivity index (χ2v) is 9.17. The number of nitrogens with two attached hydrogens (primary N) is 1. The molecular weight excluding hydrogens is 276 g/mol. The number of likely N-dealkylation sites (tertiary alicyclic amines) is 1. The van der Waals surface area contributed by atoms with Crippen LogP contribution in [0.4, 0.5) is 0 Å². The Morgan fingerprint density at radius 2 is 2.00 bits per heavy atom. The van der Waals surface area contributed by atoms with Crippen LogP contribution in [0, 0.1) is 17.3 Å². The van der Waals surface area contributed by atoms with Gasteiger partial charge < -0.3 is 4.90 Å². The molecule has 0 bridgehead atoms. The Bertz CT molecular complexity index is 487. The van der Waals surface area contributed by atoms with Crippen molar-refractivity contribution in [3.05, 3.63) is 0 Å². The van der Waals surface area contributed by atoms with Crippen LogP contribution >= 0.6 is 0 Å². The number of nitrogens with zero attached hydrogens (tertiary/aromatic N) is 1. The van der Waals surface area contributed by atoms with Gasteiger partial charge in [-0.1, -0.05) is 20.8 Å². The highest BCUT2D eigenvalue weighted by Gasteiger charge is 2.41. The number of sulfonamides is 1. The van der Waals surface area contributed by atoms with Crippen molar-refractivity contribution in [2.45, 2.75) is 52.5 Å². The molecule has 2 N–H and O–H groups in total. The zero-order valence-electron chi connectivity index (χ0n) is 12.6. The van der Waals surface area contributed by atoms with E-state index in [2.05, 4.69) is 20.8 Å². The molecule has 1 aliphatic carbocycles. The summed E-state index contributed by atoms with van der Waals surface area (Å²) >= 11 is 0. The first-order chi connectivity index (χ1) is 9.06. The van der Waals surface area contributed by atoms with Gasteiger partial charge in [-0.3, -0.25) is 4.79 Å². The van der Waals surface area contributed by atoms with Crippen LogP contribution < -0.4 is 5.14 Å². The maximum Gasteiger partial charge on any atom is 0.223 e. The first-order valence-electron chi connectivity index (χ1n) is 7.36. The summed E-state index contributed by atoms with van der Waals surface area (Å²) in [5, 5.41) is 5.09. The lowest BCUT2D eigenvalue weighted by molar-refractivity contribution is -0.131. The van der Waals surface area contributed by atoms with Crippen LogP contribution in [0.5, 0.6) is 0 Å². The van der Waals surface area contributed by atoms with E-state index in [1.54, 1.807) is 0 Å². The lowest BCUT2D eigenvalue weighted by atomic mass is 9.70. The Morgan fingerprint density at radius 3 is 2.55 bits per heavy atom. The Morgan fingerprint density at radius 1 is 1.35 bits per heavy atom. The number of hydrogen-bond donors (Lipinski definition) is 1. The SMILES string of the molecule is CC1CC(N2CC(CS(N)(=O)=O)CC2=O)CC(C)(C)C1. The van der Waals surface area contributed by atoms with Crippen LogP contribution in [0.15, 0.2) is 0 Å². The molecule has 1 saturated heterocycles. The molecule has 20 heavy (non-hydrogen) atoms. The van der Waals surface area contributed by atoms with Crippen LogP contribution in [-0.4, -0.2) is 37.6 Å². The number of hydrogen-bond acceptors (Lipinski definition) is 3. The van der Waals surface area contributed by atoms with Gasteiger partial charge in [0.25, 0.3) is 0 Å². The molecule has 2 rings (SSSR count). The van der Waals surface area contributed by atoms with E-state index in [-0.39, 0.29) is 29.0 Å². The third-order valence-corrected chi connectivity index (χ3v) is 5.45. The van der Waals surface area contributed by atoms with Gasteiger partial charge in [-0.05, 0) is 30.6 Å². The van der Waals surface area contributed by atoms with E-state index >= 15 is 0 Å². The highest BCUT2D eigenvalue weighted by Crippen LogP contribution is 2.41. The van der Waals surface area contributed by atoms with Crippen molar-refractivity contribution in [3.8, 4) is 0 Å². The maximum atomic E-state index is 12.2. The van der Waals surface area contributed by atoms with Crippen molar-refractivity contribution in [1.82, 2.24) is 4.90 Å². The van der Waals surface area contributed by atoms with Gasteiger partial charge in [0.05, 0.1) is 5.75 Å². The summed E-state index contributed by atoms with van der Waals surface area (Å²) in [4.78, 5) is 14.1. The smallest absolute Gasteiger partial charge is 0.223 e. The molecule has 2 aliphatic rings. The molecule has 0 aromatic heterocycles. The lowest BCUT2D eigenvalue weighted by Gasteiger charge is -2.42. The maximum absolute atomic E-state index is 12.2. The summed E-state index contributed by atoms with van der Waals surface area (Å²) in [7, 11) is -3.50.